The Balaban J connectivity index is 1.57. The van der Waals surface area contributed by atoms with Gasteiger partial charge in [-0.25, -0.2) is 0 Å². The molecule has 0 heterocycles. The molecule has 0 aliphatic heterocycles. The van der Waals surface area contributed by atoms with Crippen LogP contribution < -0.4 is 10.6 Å². The highest BCUT2D eigenvalue weighted by Crippen LogP contribution is 2.18. The largest absolute Gasteiger partial charge is 0.302 e. The van der Waals surface area contributed by atoms with Crippen LogP contribution in [-0.4, -0.2) is 18.8 Å². The first kappa shape index (κ1) is 13.4. The summed E-state index contributed by atoms with van der Waals surface area (Å²) < 4.78 is 0. The molecule has 17 heavy (non-hydrogen) atoms. The number of hydrogen-bond acceptors (Lipinski definition) is 2. The molecule has 2 fully saturated rings. The quantitative estimate of drug-likeness (QED) is 0.578. The third-order valence-electron chi connectivity index (χ3n) is 4.49. The molecule has 0 saturated heterocycles. The average Bonchev–Trinajstić information content (AvgIpc) is 2.73. The van der Waals surface area contributed by atoms with Crippen molar-refractivity contribution in [1.29, 1.82) is 0 Å². The molecule has 2 saturated carbocycles. The van der Waals surface area contributed by atoms with E-state index in [0.29, 0.717) is 0 Å². The van der Waals surface area contributed by atoms with Gasteiger partial charge < -0.3 is 10.6 Å². The number of rotatable bonds is 4. The maximum atomic E-state index is 3.72. The van der Waals surface area contributed by atoms with Crippen molar-refractivity contribution >= 4 is 0 Å². The standard InChI is InChI=1S/C15H30N2/c1-2-6-10-14(9-5-1)16-13-17-15-11-7-3-4-8-12-15/h14-17H,1-13H2. The van der Waals surface area contributed by atoms with Gasteiger partial charge in [-0.1, -0.05) is 51.4 Å². The first-order valence-corrected chi connectivity index (χ1v) is 7.92. The Kier molecular flexibility index (Phi) is 6.36. The minimum absolute atomic E-state index is 0.788. The summed E-state index contributed by atoms with van der Waals surface area (Å²) in [7, 11) is 0. The van der Waals surface area contributed by atoms with E-state index in [0.717, 1.165) is 18.8 Å². The van der Waals surface area contributed by atoms with E-state index in [1.807, 2.05) is 0 Å². The van der Waals surface area contributed by atoms with Crippen LogP contribution in [0.2, 0.25) is 0 Å². The van der Waals surface area contributed by atoms with Gasteiger partial charge in [-0.3, -0.25) is 0 Å². The molecular formula is C15H30N2. The van der Waals surface area contributed by atoms with Crippen LogP contribution in [0.25, 0.3) is 0 Å². The molecule has 0 aromatic rings. The summed E-state index contributed by atoms with van der Waals surface area (Å²) in [5.41, 5.74) is 0. The van der Waals surface area contributed by atoms with Gasteiger partial charge in [0.2, 0.25) is 0 Å². The lowest BCUT2D eigenvalue weighted by molar-refractivity contribution is 0.388. The summed E-state index contributed by atoms with van der Waals surface area (Å²) in [6.07, 6.45) is 17.1. The molecule has 2 aliphatic carbocycles. The topological polar surface area (TPSA) is 24.1 Å². The molecule has 2 heteroatoms. The summed E-state index contributed by atoms with van der Waals surface area (Å²) in [4.78, 5) is 0. The van der Waals surface area contributed by atoms with Crippen LogP contribution in [0, 0.1) is 0 Å². The third kappa shape index (κ3) is 5.39. The van der Waals surface area contributed by atoms with Crippen LogP contribution >= 0.6 is 0 Å². The van der Waals surface area contributed by atoms with Crippen LogP contribution in [0.5, 0.6) is 0 Å². The SMILES string of the molecule is C1CCCC(NCNC2CCCCCC2)CC1. The smallest absolute Gasteiger partial charge is 0.0458 e. The van der Waals surface area contributed by atoms with E-state index in [1.165, 1.54) is 77.0 Å². The summed E-state index contributed by atoms with van der Waals surface area (Å²) in [5, 5.41) is 7.44. The lowest BCUT2D eigenvalue weighted by Gasteiger charge is -2.21. The Morgan fingerprint density at radius 2 is 0.882 bits per heavy atom. The van der Waals surface area contributed by atoms with E-state index in [1.54, 1.807) is 0 Å². The zero-order chi connectivity index (χ0) is 11.8. The molecule has 0 amide bonds. The van der Waals surface area contributed by atoms with E-state index < -0.39 is 0 Å². The minimum Gasteiger partial charge on any atom is -0.302 e. The Hall–Kier alpha value is -0.0800. The zero-order valence-corrected chi connectivity index (χ0v) is 11.3. The van der Waals surface area contributed by atoms with Crippen molar-refractivity contribution in [2.24, 2.45) is 0 Å². The maximum absolute atomic E-state index is 3.72. The fraction of sp³-hybridized carbons (Fsp3) is 1.00. The van der Waals surface area contributed by atoms with Gasteiger partial charge in [0.15, 0.2) is 0 Å². The molecule has 2 nitrogen and oxygen atoms in total. The van der Waals surface area contributed by atoms with Crippen molar-refractivity contribution in [2.75, 3.05) is 6.67 Å². The van der Waals surface area contributed by atoms with E-state index in [4.69, 9.17) is 0 Å². The van der Waals surface area contributed by atoms with Crippen LogP contribution in [0.3, 0.4) is 0 Å². The lowest BCUT2D eigenvalue weighted by atomic mass is 10.1. The maximum Gasteiger partial charge on any atom is 0.0458 e. The molecular weight excluding hydrogens is 208 g/mol. The van der Waals surface area contributed by atoms with Crippen molar-refractivity contribution in [3.8, 4) is 0 Å². The molecule has 0 aromatic heterocycles. The third-order valence-corrected chi connectivity index (χ3v) is 4.49. The molecule has 2 aliphatic rings. The first-order valence-electron chi connectivity index (χ1n) is 7.92. The van der Waals surface area contributed by atoms with E-state index in [9.17, 15) is 0 Å². The van der Waals surface area contributed by atoms with Crippen molar-refractivity contribution in [1.82, 2.24) is 10.6 Å². The molecule has 0 spiro atoms. The monoisotopic (exact) mass is 238 g/mol. The number of nitrogens with one attached hydrogen (secondary N) is 2. The predicted octanol–water partition coefficient (Wildman–Crippen LogP) is 3.57. The Labute approximate surface area is 107 Å². The molecule has 2 rings (SSSR count). The summed E-state index contributed by atoms with van der Waals surface area (Å²) in [6, 6.07) is 1.58. The fourth-order valence-electron chi connectivity index (χ4n) is 3.31. The highest BCUT2D eigenvalue weighted by atomic mass is 15.1. The van der Waals surface area contributed by atoms with Crippen molar-refractivity contribution in [3.63, 3.8) is 0 Å². The summed E-state index contributed by atoms with van der Waals surface area (Å²) >= 11 is 0. The second kappa shape index (κ2) is 8.10. The van der Waals surface area contributed by atoms with E-state index >= 15 is 0 Å². The van der Waals surface area contributed by atoms with Crippen molar-refractivity contribution < 1.29 is 0 Å². The van der Waals surface area contributed by atoms with Gasteiger partial charge in [-0.2, -0.15) is 0 Å². The highest BCUT2D eigenvalue weighted by Gasteiger charge is 2.13. The fourth-order valence-corrected chi connectivity index (χ4v) is 3.31. The summed E-state index contributed by atoms with van der Waals surface area (Å²) in [5.74, 6) is 0. The first-order chi connectivity index (χ1) is 8.45. The molecule has 100 valence electrons. The number of hydrogen-bond donors (Lipinski definition) is 2. The minimum atomic E-state index is 0.788. The zero-order valence-electron chi connectivity index (χ0n) is 11.3. The molecule has 0 radical (unpaired) electrons. The van der Waals surface area contributed by atoms with Crippen LogP contribution in [0.4, 0.5) is 0 Å². The Morgan fingerprint density at radius 3 is 1.24 bits per heavy atom. The van der Waals surface area contributed by atoms with Crippen LogP contribution in [0.1, 0.15) is 77.0 Å². The predicted molar refractivity (Wildman–Crippen MR) is 74.1 cm³/mol. The van der Waals surface area contributed by atoms with E-state index in [2.05, 4.69) is 10.6 Å². The normalized spacial score (nSPS) is 25.4. The molecule has 2 N–H and O–H groups in total. The van der Waals surface area contributed by atoms with E-state index in [-0.39, 0.29) is 0 Å². The lowest BCUT2D eigenvalue weighted by Crippen LogP contribution is -2.41. The second-order valence-electron chi connectivity index (χ2n) is 5.96. The molecule has 0 aromatic carbocycles. The Morgan fingerprint density at radius 1 is 0.529 bits per heavy atom. The van der Waals surface area contributed by atoms with Gasteiger partial charge in [0.25, 0.3) is 0 Å². The van der Waals surface area contributed by atoms with Crippen molar-refractivity contribution in [2.45, 2.75) is 89.1 Å². The Bertz CT molecular complexity index is 157. The van der Waals surface area contributed by atoms with Gasteiger partial charge in [-0.05, 0) is 25.7 Å². The van der Waals surface area contributed by atoms with Gasteiger partial charge in [0.1, 0.15) is 0 Å². The molecule has 0 bridgehead atoms. The summed E-state index contributed by atoms with van der Waals surface area (Å²) in [6.45, 7) is 1.04. The van der Waals surface area contributed by atoms with Gasteiger partial charge in [0, 0.05) is 18.8 Å². The van der Waals surface area contributed by atoms with Crippen LogP contribution in [-0.2, 0) is 0 Å². The second-order valence-corrected chi connectivity index (χ2v) is 5.96. The van der Waals surface area contributed by atoms with Gasteiger partial charge in [0.05, 0.1) is 0 Å². The molecule has 0 unspecified atom stereocenters. The average molecular weight is 238 g/mol. The highest BCUT2D eigenvalue weighted by molar-refractivity contribution is 4.73. The van der Waals surface area contributed by atoms with Crippen LogP contribution in [0.15, 0.2) is 0 Å². The van der Waals surface area contributed by atoms with Gasteiger partial charge >= 0.3 is 0 Å². The van der Waals surface area contributed by atoms with Gasteiger partial charge in [-0.15, -0.1) is 0 Å². The molecule has 0 atom stereocenters. The van der Waals surface area contributed by atoms with Crippen molar-refractivity contribution in [3.05, 3.63) is 0 Å².